The van der Waals surface area contributed by atoms with Crippen molar-refractivity contribution in [3.05, 3.63) is 166 Å². The van der Waals surface area contributed by atoms with E-state index in [0.717, 1.165) is 16.7 Å². The van der Waals surface area contributed by atoms with E-state index in [1.54, 1.807) is 24.3 Å². The molecule has 7 heteroatoms. The number of ether oxygens (including phenoxy) is 1. The molecule has 0 aliphatic heterocycles. The number of fused-ring (bicyclic) bond motifs is 1. The van der Waals surface area contributed by atoms with Crippen molar-refractivity contribution in [2.45, 2.75) is 12.1 Å². The largest absolute Gasteiger partial charge is 0.380 e. The molecule has 6 nitrogen and oxygen atoms in total. The first-order valence-electron chi connectivity index (χ1n) is 13.2. The smallest absolute Gasteiger partial charge is 0.270 e. The van der Waals surface area contributed by atoms with E-state index in [1.165, 1.54) is 19.2 Å². The zero-order chi connectivity index (χ0) is 28.4. The molecule has 1 aromatic heterocycles. The fraction of sp³-hybridized carbons (Fsp3) is 0.0882. The minimum Gasteiger partial charge on any atom is -0.380 e. The number of nitro groups is 1. The standard InChI is InChI=1S/C34H26FN3O3/c1-41-23-25-21-24(17-19-31(25)35)33-30-22-29(38(39)40)18-20-32(30)37(36-33)34(26-11-5-2-6-12-26,27-13-7-3-8-14-27)28-15-9-4-10-16-28/h2-22H,23H2,1H3. The zero-order valence-corrected chi connectivity index (χ0v) is 22.3. The molecule has 6 rings (SSSR count). The van der Waals surface area contributed by atoms with Gasteiger partial charge in [-0.3, -0.25) is 10.1 Å². The lowest BCUT2D eigenvalue weighted by Crippen LogP contribution is -2.38. The van der Waals surface area contributed by atoms with Crippen LogP contribution in [0.15, 0.2) is 127 Å². The van der Waals surface area contributed by atoms with Gasteiger partial charge in [0.05, 0.1) is 17.0 Å². The number of nitro benzene ring substituents is 1. The van der Waals surface area contributed by atoms with Crippen LogP contribution < -0.4 is 0 Å². The predicted octanol–water partition coefficient (Wildman–Crippen LogP) is 7.74. The molecule has 0 saturated heterocycles. The second kappa shape index (κ2) is 10.8. The number of methoxy groups -OCH3 is 1. The van der Waals surface area contributed by atoms with Gasteiger partial charge in [-0.05, 0) is 41.0 Å². The fourth-order valence-electron chi connectivity index (χ4n) is 5.58. The molecule has 6 aromatic rings. The van der Waals surface area contributed by atoms with E-state index in [-0.39, 0.29) is 12.3 Å². The van der Waals surface area contributed by atoms with Crippen LogP contribution in [0.2, 0.25) is 0 Å². The first kappa shape index (κ1) is 26.1. The molecule has 0 radical (unpaired) electrons. The van der Waals surface area contributed by atoms with Gasteiger partial charge in [0, 0.05) is 35.8 Å². The summed E-state index contributed by atoms with van der Waals surface area (Å²) in [5.74, 6) is -0.391. The summed E-state index contributed by atoms with van der Waals surface area (Å²) in [6, 6.07) is 39.7. The normalized spacial score (nSPS) is 11.6. The second-order valence-corrected chi connectivity index (χ2v) is 9.77. The van der Waals surface area contributed by atoms with E-state index in [0.29, 0.717) is 27.7 Å². The van der Waals surface area contributed by atoms with Crippen LogP contribution in [-0.2, 0) is 16.9 Å². The van der Waals surface area contributed by atoms with Crippen LogP contribution in [-0.4, -0.2) is 21.8 Å². The van der Waals surface area contributed by atoms with Crippen molar-refractivity contribution in [3.8, 4) is 11.3 Å². The van der Waals surface area contributed by atoms with Crippen molar-refractivity contribution in [1.82, 2.24) is 9.78 Å². The number of halogens is 1. The highest BCUT2D eigenvalue weighted by molar-refractivity contribution is 5.95. The van der Waals surface area contributed by atoms with Crippen LogP contribution in [0.4, 0.5) is 10.1 Å². The molecular formula is C34H26FN3O3. The number of hydrogen-bond acceptors (Lipinski definition) is 4. The number of nitrogens with zero attached hydrogens (tertiary/aromatic N) is 3. The van der Waals surface area contributed by atoms with Gasteiger partial charge < -0.3 is 4.74 Å². The van der Waals surface area contributed by atoms with Crippen LogP contribution in [0.1, 0.15) is 22.3 Å². The quantitative estimate of drug-likeness (QED) is 0.112. The Kier molecular flexibility index (Phi) is 6.87. The van der Waals surface area contributed by atoms with Gasteiger partial charge in [-0.15, -0.1) is 0 Å². The van der Waals surface area contributed by atoms with Crippen LogP contribution >= 0.6 is 0 Å². The van der Waals surface area contributed by atoms with Crippen molar-refractivity contribution < 1.29 is 14.1 Å². The van der Waals surface area contributed by atoms with Crippen molar-refractivity contribution in [2.24, 2.45) is 0 Å². The van der Waals surface area contributed by atoms with Crippen LogP contribution in [0.5, 0.6) is 0 Å². The van der Waals surface area contributed by atoms with Crippen molar-refractivity contribution >= 4 is 16.6 Å². The Labute approximate surface area is 236 Å². The summed E-state index contributed by atoms with van der Waals surface area (Å²) in [5, 5.41) is 17.7. The average Bonchev–Trinajstić information content (AvgIpc) is 3.39. The number of aromatic nitrogens is 2. The molecule has 5 aromatic carbocycles. The molecule has 0 spiro atoms. The van der Waals surface area contributed by atoms with E-state index in [1.807, 2.05) is 59.3 Å². The molecule has 0 N–H and O–H groups in total. The maximum absolute atomic E-state index is 14.6. The summed E-state index contributed by atoms with van der Waals surface area (Å²) in [7, 11) is 1.51. The van der Waals surface area contributed by atoms with E-state index < -0.39 is 16.3 Å². The van der Waals surface area contributed by atoms with Gasteiger partial charge in [0.1, 0.15) is 17.1 Å². The highest BCUT2D eigenvalue weighted by Crippen LogP contribution is 2.44. The molecule has 0 fully saturated rings. The average molecular weight is 544 g/mol. The molecule has 0 aliphatic rings. The zero-order valence-electron chi connectivity index (χ0n) is 22.3. The number of rotatable bonds is 8. The summed E-state index contributed by atoms with van der Waals surface area (Å²) in [4.78, 5) is 11.4. The van der Waals surface area contributed by atoms with E-state index >= 15 is 0 Å². The maximum atomic E-state index is 14.6. The number of hydrogen-bond donors (Lipinski definition) is 0. The highest BCUT2D eigenvalue weighted by atomic mass is 19.1. The van der Waals surface area contributed by atoms with E-state index in [9.17, 15) is 14.5 Å². The minimum absolute atomic E-state index is 0.0535. The fourth-order valence-corrected chi connectivity index (χ4v) is 5.58. The number of benzene rings is 5. The van der Waals surface area contributed by atoms with Crippen molar-refractivity contribution in [2.75, 3.05) is 7.11 Å². The maximum Gasteiger partial charge on any atom is 0.270 e. The first-order chi connectivity index (χ1) is 20.0. The molecule has 0 saturated carbocycles. The Morgan fingerprint density at radius 3 is 1.88 bits per heavy atom. The first-order valence-corrected chi connectivity index (χ1v) is 13.2. The molecule has 0 atom stereocenters. The molecule has 0 bridgehead atoms. The summed E-state index contributed by atoms with van der Waals surface area (Å²) in [5.41, 5.74) is 4.11. The lowest BCUT2D eigenvalue weighted by molar-refractivity contribution is -0.384. The Morgan fingerprint density at radius 1 is 0.805 bits per heavy atom. The summed E-state index contributed by atoms with van der Waals surface area (Å²) >= 11 is 0. The molecule has 41 heavy (non-hydrogen) atoms. The van der Waals surface area contributed by atoms with Gasteiger partial charge in [0.15, 0.2) is 0 Å². The second-order valence-electron chi connectivity index (χ2n) is 9.77. The molecule has 0 unspecified atom stereocenters. The molecule has 202 valence electrons. The Hall–Kier alpha value is -5.14. The SMILES string of the molecule is COCc1cc(-c2nn(C(c3ccccc3)(c3ccccc3)c3ccccc3)c3ccc([N+](=O)[O-])cc23)ccc1F. The monoisotopic (exact) mass is 543 g/mol. The summed E-state index contributed by atoms with van der Waals surface area (Å²) in [6.45, 7) is 0.0838. The van der Waals surface area contributed by atoms with Gasteiger partial charge in [-0.2, -0.15) is 5.10 Å². The Balaban J connectivity index is 1.77. The van der Waals surface area contributed by atoms with Gasteiger partial charge >= 0.3 is 0 Å². The number of non-ortho nitro benzene ring substituents is 1. The molecule has 1 heterocycles. The van der Waals surface area contributed by atoms with E-state index in [4.69, 9.17) is 9.84 Å². The van der Waals surface area contributed by atoms with Crippen molar-refractivity contribution in [1.29, 1.82) is 0 Å². The third kappa shape index (κ3) is 4.46. The molecule has 0 aliphatic carbocycles. The van der Waals surface area contributed by atoms with Crippen LogP contribution in [0.25, 0.3) is 22.2 Å². The van der Waals surface area contributed by atoms with Gasteiger partial charge in [0.25, 0.3) is 5.69 Å². The van der Waals surface area contributed by atoms with Gasteiger partial charge in [-0.25, -0.2) is 9.07 Å². The van der Waals surface area contributed by atoms with Gasteiger partial charge in [0.2, 0.25) is 0 Å². The van der Waals surface area contributed by atoms with E-state index in [2.05, 4.69) is 36.4 Å². The Bertz CT molecular complexity index is 1740. The van der Waals surface area contributed by atoms with Crippen molar-refractivity contribution in [3.63, 3.8) is 0 Å². The van der Waals surface area contributed by atoms with Crippen LogP contribution in [0.3, 0.4) is 0 Å². The lowest BCUT2D eigenvalue weighted by Gasteiger charge is -2.37. The Morgan fingerprint density at radius 2 is 1.37 bits per heavy atom. The minimum atomic E-state index is -0.939. The topological polar surface area (TPSA) is 70.2 Å². The van der Waals surface area contributed by atoms with Crippen LogP contribution in [0, 0.1) is 15.9 Å². The lowest BCUT2D eigenvalue weighted by atomic mass is 9.77. The predicted molar refractivity (Wildman–Crippen MR) is 157 cm³/mol. The highest BCUT2D eigenvalue weighted by Gasteiger charge is 2.41. The summed E-state index contributed by atoms with van der Waals surface area (Å²) < 4.78 is 21.8. The summed E-state index contributed by atoms with van der Waals surface area (Å²) in [6.07, 6.45) is 0. The molecule has 0 amide bonds. The third-order valence-corrected chi connectivity index (χ3v) is 7.39. The van der Waals surface area contributed by atoms with Gasteiger partial charge in [-0.1, -0.05) is 91.0 Å². The third-order valence-electron chi connectivity index (χ3n) is 7.39. The molecular weight excluding hydrogens is 517 g/mol.